The summed E-state index contributed by atoms with van der Waals surface area (Å²) in [6.07, 6.45) is 1.03. The summed E-state index contributed by atoms with van der Waals surface area (Å²) in [6, 6.07) is 3.87. The zero-order valence-corrected chi connectivity index (χ0v) is 13.4. The Morgan fingerprint density at radius 3 is 2.45 bits per heavy atom. The van der Waals surface area contributed by atoms with Crippen LogP contribution < -0.4 is 14.8 Å². The van der Waals surface area contributed by atoms with Crippen LogP contribution in [-0.4, -0.2) is 36.2 Å². The van der Waals surface area contributed by atoms with Crippen LogP contribution in [0, 0.1) is 0 Å². The summed E-state index contributed by atoms with van der Waals surface area (Å²) in [7, 11) is 1.49. The van der Waals surface area contributed by atoms with Gasteiger partial charge >= 0.3 is 5.97 Å². The average molecular weight is 309 g/mol. The largest absolute Gasteiger partial charge is 0.493 e. The molecule has 0 aliphatic carbocycles. The van der Waals surface area contributed by atoms with Gasteiger partial charge in [-0.3, -0.25) is 4.79 Å². The second-order valence-corrected chi connectivity index (χ2v) is 5.19. The van der Waals surface area contributed by atoms with Gasteiger partial charge in [-0.25, -0.2) is 4.79 Å². The summed E-state index contributed by atoms with van der Waals surface area (Å²) in [4.78, 5) is 23.3. The van der Waals surface area contributed by atoms with Crippen molar-refractivity contribution in [2.75, 3.05) is 7.11 Å². The van der Waals surface area contributed by atoms with E-state index in [2.05, 4.69) is 5.32 Å². The molecule has 0 saturated carbocycles. The van der Waals surface area contributed by atoms with Crippen molar-refractivity contribution in [3.8, 4) is 11.5 Å². The van der Waals surface area contributed by atoms with E-state index in [1.54, 1.807) is 12.1 Å². The number of aliphatic carboxylic acids is 1. The predicted molar refractivity (Wildman–Crippen MR) is 82.6 cm³/mol. The maximum absolute atomic E-state index is 12.2. The summed E-state index contributed by atoms with van der Waals surface area (Å²) in [5.74, 6) is -0.515. The maximum Gasteiger partial charge on any atom is 0.326 e. The molecule has 22 heavy (non-hydrogen) atoms. The van der Waals surface area contributed by atoms with Gasteiger partial charge < -0.3 is 19.9 Å². The van der Waals surface area contributed by atoms with Crippen molar-refractivity contribution in [3.05, 3.63) is 23.8 Å². The van der Waals surface area contributed by atoms with Gasteiger partial charge in [0.15, 0.2) is 11.5 Å². The van der Waals surface area contributed by atoms with Crippen LogP contribution in [-0.2, 0) is 4.79 Å². The number of methoxy groups -OCH3 is 1. The Hall–Kier alpha value is -2.24. The van der Waals surface area contributed by atoms with E-state index in [0.717, 1.165) is 0 Å². The minimum absolute atomic E-state index is 0.0190. The summed E-state index contributed by atoms with van der Waals surface area (Å²) < 4.78 is 10.8. The van der Waals surface area contributed by atoms with Crippen LogP contribution in [0.3, 0.4) is 0 Å². The lowest BCUT2D eigenvalue weighted by atomic mass is 10.1. The Labute approximate surface area is 130 Å². The third kappa shape index (κ3) is 4.95. The fraction of sp³-hybridized carbons (Fsp3) is 0.500. The number of amides is 1. The van der Waals surface area contributed by atoms with Crippen molar-refractivity contribution in [1.29, 1.82) is 0 Å². The lowest BCUT2D eigenvalue weighted by Gasteiger charge is -2.16. The standard InChI is InChI=1S/C16H23NO5/c1-5-6-12(16(19)20)17-15(18)11-7-8-13(22-10(2)3)14(9-11)21-4/h7-10,12H,5-6H2,1-4H3,(H,17,18)(H,19,20). The van der Waals surface area contributed by atoms with Crippen molar-refractivity contribution in [3.63, 3.8) is 0 Å². The SMILES string of the molecule is CCCC(NC(=O)c1ccc(OC(C)C)c(OC)c1)C(=O)O. The third-order valence-corrected chi connectivity index (χ3v) is 2.97. The molecule has 0 bridgehead atoms. The van der Waals surface area contributed by atoms with Gasteiger partial charge in [0.25, 0.3) is 5.91 Å². The summed E-state index contributed by atoms with van der Waals surface area (Å²) in [6.45, 7) is 5.65. The number of benzene rings is 1. The van der Waals surface area contributed by atoms with Gasteiger partial charge in [0, 0.05) is 5.56 Å². The third-order valence-electron chi connectivity index (χ3n) is 2.97. The molecule has 1 amide bonds. The first kappa shape index (κ1) is 17.8. The lowest BCUT2D eigenvalue weighted by molar-refractivity contribution is -0.139. The highest BCUT2D eigenvalue weighted by molar-refractivity contribution is 5.97. The Balaban J connectivity index is 2.91. The number of carboxylic acids is 1. The average Bonchev–Trinajstić information content (AvgIpc) is 2.46. The van der Waals surface area contributed by atoms with Gasteiger partial charge in [0.2, 0.25) is 0 Å². The van der Waals surface area contributed by atoms with Gasteiger partial charge in [-0.2, -0.15) is 0 Å². The Bertz CT molecular complexity index is 527. The number of rotatable bonds is 8. The van der Waals surface area contributed by atoms with Crippen LogP contribution in [0.15, 0.2) is 18.2 Å². The Morgan fingerprint density at radius 1 is 1.27 bits per heavy atom. The fourth-order valence-corrected chi connectivity index (χ4v) is 1.95. The van der Waals surface area contributed by atoms with Crippen LogP contribution >= 0.6 is 0 Å². The molecule has 0 aliphatic rings. The minimum Gasteiger partial charge on any atom is -0.493 e. The monoisotopic (exact) mass is 309 g/mol. The van der Waals surface area contributed by atoms with Gasteiger partial charge in [0.05, 0.1) is 13.2 Å². The van der Waals surface area contributed by atoms with E-state index in [0.29, 0.717) is 29.9 Å². The number of carboxylic acid groups (broad SMARTS) is 1. The highest BCUT2D eigenvalue weighted by Crippen LogP contribution is 2.29. The zero-order valence-electron chi connectivity index (χ0n) is 13.4. The molecule has 0 saturated heterocycles. The molecule has 1 rings (SSSR count). The molecule has 6 heteroatoms. The second-order valence-electron chi connectivity index (χ2n) is 5.19. The highest BCUT2D eigenvalue weighted by atomic mass is 16.5. The van der Waals surface area contributed by atoms with Crippen LogP contribution in [0.25, 0.3) is 0 Å². The van der Waals surface area contributed by atoms with E-state index >= 15 is 0 Å². The zero-order chi connectivity index (χ0) is 16.7. The van der Waals surface area contributed by atoms with Crippen LogP contribution in [0.2, 0.25) is 0 Å². The van der Waals surface area contributed by atoms with E-state index < -0.39 is 17.9 Å². The second kappa shape index (κ2) is 8.26. The number of nitrogens with one attached hydrogen (secondary N) is 1. The predicted octanol–water partition coefficient (Wildman–Crippen LogP) is 2.47. The molecule has 0 spiro atoms. The molecule has 1 unspecified atom stereocenters. The molecular weight excluding hydrogens is 286 g/mol. The lowest BCUT2D eigenvalue weighted by Crippen LogP contribution is -2.40. The number of ether oxygens (including phenoxy) is 2. The van der Waals surface area contributed by atoms with Gasteiger partial charge in [0.1, 0.15) is 6.04 Å². The maximum atomic E-state index is 12.2. The van der Waals surface area contributed by atoms with Crippen molar-refractivity contribution in [2.24, 2.45) is 0 Å². The quantitative estimate of drug-likeness (QED) is 0.770. The van der Waals surface area contributed by atoms with Crippen molar-refractivity contribution in [1.82, 2.24) is 5.32 Å². The number of carbonyl (C=O) groups is 2. The molecule has 0 fully saturated rings. The molecule has 1 aromatic rings. The minimum atomic E-state index is -1.04. The van der Waals surface area contributed by atoms with Crippen molar-refractivity contribution < 1.29 is 24.2 Å². The van der Waals surface area contributed by atoms with Gasteiger partial charge in [-0.15, -0.1) is 0 Å². The van der Waals surface area contributed by atoms with E-state index in [4.69, 9.17) is 14.6 Å². The molecule has 0 aliphatic heterocycles. The van der Waals surface area contributed by atoms with E-state index in [-0.39, 0.29) is 6.10 Å². The van der Waals surface area contributed by atoms with Crippen molar-refractivity contribution >= 4 is 11.9 Å². The number of hydrogen-bond acceptors (Lipinski definition) is 4. The summed E-state index contributed by atoms with van der Waals surface area (Å²) in [5.41, 5.74) is 0.329. The fourth-order valence-electron chi connectivity index (χ4n) is 1.95. The van der Waals surface area contributed by atoms with Gasteiger partial charge in [-0.05, 0) is 38.5 Å². The molecule has 0 heterocycles. The van der Waals surface area contributed by atoms with Crippen molar-refractivity contribution in [2.45, 2.75) is 45.8 Å². The Morgan fingerprint density at radius 2 is 1.95 bits per heavy atom. The van der Waals surface area contributed by atoms with Crippen LogP contribution in [0.4, 0.5) is 0 Å². The smallest absolute Gasteiger partial charge is 0.326 e. The van der Waals surface area contributed by atoms with Crippen LogP contribution in [0.1, 0.15) is 44.0 Å². The topological polar surface area (TPSA) is 84.9 Å². The number of carbonyl (C=O) groups excluding carboxylic acids is 1. The first-order valence-electron chi connectivity index (χ1n) is 7.27. The van der Waals surface area contributed by atoms with Crippen LogP contribution in [0.5, 0.6) is 11.5 Å². The molecule has 6 nitrogen and oxygen atoms in total. The normalized spacial score (nSPS) is 11.9. The van der Waals surface area contributed by atoms with E-state index in [9.17, 15) is 9.59 Å². The summed E-state index contributed by atoms with van der Waals surface area (Å²) in [5, 5.41) is 11.6. The van der Waals surface area contributed by atoms with Gasteiger partial charge in [-0.1, -0.05) is 13.3 Å². The van der Waals surface area contributed by atoms with E-state index in [1.165, 1.54) is 13.2 Å². The first-order chi connectivity index (χ1) is 10.4. The highest BCUT2D eigenvalue weighted by Gasteiger charge is 2.20. The van der Waals surface area contributed by atoms with E-state index in [1.807, 2.05) is 20.8 Å². The molecule has 122 valence electrons. The number of hydrogen-bond donors (Lipinski definition) is 2. The molecule has 0 radical (unpaired) electrons. The molecule has 1 atom stereocenters. The summed E-state index contributed by atoms with van der Waals surface area (Å²) >= 11 is 0. The Kier molecular flexibility index (Phi) is 6.69. The molecular formula is C16H23NO5. The molecule has 2 N–H and O–H groups in total. The molecule has 0 aromatic heterocycles. The first-order valence-corrected chi connectivity index (χ1v) is 7.27. The molecule has 1 aromatic carbocycles.